The predicted molar refractivity (Wildman–Crippen MR) is 118 cm³/mol. The summed E-state index contributed by atoms with van der Waals surface area (Å²) in [5.41, 5.74) is 7.63. The van der Waals surface area contributed by atoms with Crippen LogP contribution in [0, 0.1) is 0 Å². The van der Waals surface area contributed by atoms with Gasteiger partial charge in [0.15, 0.2) is 0 Å². The highest BCUT2D eigenvalue weighted by molar-refractivity contribution is 5.71. The topological polar surface area (TPSA) is 26.0 Å². The third-order valence-electron chi connectivity index (χ3n) is 5.03. The molecule has 0 saturated carbocycles. The maximum absolute atomic E-state index is 5.75. The molecule has 138 valence electrons. The Morgan fingerprint density at radius 2 is 0.828 bits per heavy atom. The van der Waals surface area contributed by atoms with Gasteiger partial charge in [-0.1, -0.05) is 97.1 Å². The van der Waals surface area contributed by atoms with Crippen molar-refractivity contribution in [3.8, 4) is 45.0 Å². The first-order valence-corrected chi connectivity index (χ1v) is 9.64. The number of hydrogen-bond donors (Lipinski definition) is 0. The van der Waals surface area contributed by atoms with Crippen LogP contribution >= 0.6 is 0 Å². The molecule has 5 aromatic rings. The highest BCUT2D eigenvalue weighted by Crippen LogP contribution is 2.28. The molecule has 0 N–H and O–H groups in total. The summed E-state index contributed by atoms with van der Waals surface area (Å²) >= 11 is 0. The summed E-state index contributed by atoms with van der Waals surface area (Å²) in [5.74, 6) is 0.631. The fourth-order valence-corrected chi connectivity index (χ4v) is 3.44. The average Bonchev–Trinajstić information content (AvgIpc) is 3.31. The zero-order valence-electron chi connectivity index (χ0n) is 15.8. The first kappa shape index (κ1) is 17.2. The lowest BCUT2D eigenvalue weighted by Crippen LogP contribution is -1.82. The molecule has 1 aromatic heterocycles. The van der Waals surface area contributed by atoms with Crippen LogP contribution in [0.5, 0.6) is 0 Å². The van der Waals surface area contributed by atoms with Crippen LogP contribution in [-0.4, -0.2) is 4.98 Å². The van der Waals surface area contributed by atoms with Gasteiger partial charge in [0.05, 0.1) is 0 Å². The molecule has 2 heteroatoms. The number of hydrogen-bond acceptors (Lipinski definition) is 2. The molecule has 2 nitrogen and oxygen atoms in total. The lowest BCUT2D eigenvalue weighted by Gasteiger charge is -2.03. The van der Waals surface area contributed by atoms with Crippen LogP contribution in [0.15, 0.2) is 120 Å². The molecule has 0 amide bonds. The molecule has 0 bridgehead atoms. The van der Waals surface area contributed by atoms with E-state index in [1.807, 2.05) is 24.3 Å². The Balaban J connectivity index is 1.38. The van der Waals surface area contributed by atoms with Crippen LogP contribution in [0.3, 0.4) is 0 Å². The second kappa shape index (κ2) is 7.61. The third kappa shape index (κ3) is 3.61. The van der Waals surface area contributed by atoms with Gasteiger partial charge in [-0.15, -0.1) is 0 Å². The van der Waals surface area contributed by atoms with Gasteiger partial charge in [0.2, 0.25) is 5.89 Å². The minimum Gasteiger partial charge on any atom is -0.444 e. The van der Waals surface area contributed by atoms with Crippen molar-refractivity contribution < 1.29 is 4.42 Å². The van der Waals surface area contributed by atoms with Gasteiger partial charge in [-0.05, 0) is 34.4 Å². The smallest absolute Gasteiger partial charge is 0.226 e. The zero-order chi connectivity index (χ0) is 19.5. The lowest BCUT2D eigenvalue weighted by molar-refractivity contribution is 0.575. The van der Waals surface area contributed by atoms with E-state index in [-0.39, 0.29) is 0 Å². The van der Waals surface area contributed by atoms with E-state index in [0.717, 1.165) is 16.8 Å². The fourth-order valence-electron chi connectivity index (χ4n) is 3.44. The van der Waals surface area contributed by atoms with Gasteiger partial charge in [0.1, 0.15) is 12.0 Å². The van der Waals surface area contributed by atoms with Crippen LogP contribution in [-0.2, 0) is 0 Å². The molecule has 5 rings (SSSR count). The van der Waals surface area contributed by atoms with Gasteiger partial charge >= 0.3 is 0 Å². The maximum Gasteiger partial charge on any atom is 0.226 e. The number of aromatic nitrogens is 1. The third-order valence-corrected chi connectivity index (χ3v) is 5.03. The SMILES string of the molecule is c1ccc(-c2ccc(-c3coc(-c4ccc(-c5ccccc5)cc4)n3)cc2)cc1. The molecule has 0 unspecified atom stereocenters. The molecule has 1 heterocycles. The predicted octanol–water partition coefficient (Wildman–Crippen LogP) is 7.34. The summed E-state index contributed by atoms with van der Waals surface area (Å²) in [4.78, 5) is 4.69. The van der Waals surface area contributed by atoms with Crippen molar-refractivity contribution in [2.45, 2.75) is 0 Å². The van der Waals surface area contributed by atoms with Crippen LogP contribution in [0.4, 0.5) is 0 Å². The first-order valence-electron chi connectivity index (χ1n) is 9.64. The van der Waals surface area contributed by atoms with E-state index >= 15 is 0 Å². The van der Waals surface area contributed by atoms with Gasteiger partial charge in [-0.2, -0.15) is 0 Å². The Labute approximate surface area is 170 Å². The quantitative estimate of drug-likeness (QED) is 0.329. The maximum atomic E-state index is 5.75. The van der Waals surface area contributed by atoms with Crippen LogP contribution in [0.2, 0.25) is 0 Å². The minimum absolute atomic E-state index is 0.631. The first-order chi connectivity index (χ1) is 14.4. The fraction of sp³-hybridized carbons (Fsp3) is 0. The summed E-state index contributed by atoms with van der Waals surface area (Å²) < 4.78 is 5.75. The molecule has 0 spiro atoms. The largest absolute Gasteiger partial charge is 0.444 e. The summed E-state index contributed by atoms with van der Waals surface area (Å²) in [6, 6.07) is 37.4. The van der Waals surface area contributed by atoms with Crippen LogP contribution < -0.4 is 0 Å². The van der Waals surface area contributed by atoms with E-state index in [9.17, 15) is 0 Å². The summed E-state index contributed by atoms with van der Waals surface area (Å²) in [6.07, 6.45) is 1.72. The molecule has 0 radical (unpaired) electrons. The normalized spacial score (nSPS) is 10.8. The summed E-state index contributed by atoms with van der Waals surface area (Å²) in [5, 5.41) is 0. The zero-order valence-corrected chi connectivity index (χ0v) is 15.8. The van der Waals surface area contributed by atoms with Crippen molar-refractivity contribution in [3.05, 3.63) is 115 Å². The number of oxazole rings is 1. The van der Waals surface area contributed by atoms with E-state index < -0.39 is 0 Å². The molecular weight excluding hydrogens is 354 g/mol. The van der Waals surface area contributed by atoms with Crippen molar-refractivity contribution in [3.63, 3.8) is 0 Å². The molecule has 0 aliphatic heterocycles. The summed E-state index contributed by atoms with van der Waals surface area (Å²) in [6.45, 7) is 0. The minimum atomic E-state index is 0.631. The van der Waals surface area contributed by atoms with E-state index in [0.29, 0.717) is 5.89 Å². The van der Waals surface area contributed by atoms with Crippen molar-refractivity contribution in [1.82, 2.24) is 4.98 Å². The number of nitrogens with zero attached hydrogens (tertiary/aromatic N) is 1. The molecule has 0 saturated heterocycles. The second-order valence-electron chi connectivity index (χ2n) is 6.92. The van der Waals surface area contributed by atoms with Gasteiger partial charge in [0, 0.05) is 11.1 Å². The lowest BCUT2D eigenvalue weighted by atomic mass is 10.0. The molecule has 29 heavy (non-hydrogen) atoms. The second-order valence-corrected chi connectivity index (χ2v) is 6.92. The van der Waals surface area contributed by atoms with E-state index in [1.165, 1.54) is 22.3 Å². The molecule has 0 atom stereocenters. The van der Waals surface area contributed by atoms with E-state index in [2.05, 4.69) is 89.9 Å². The number of rotatable bonds is 4. The highest BCUT2D eigenvalue weighted by Gasteiger charge is 2.09. The summed E-state index contributed by atoms with van der Waals surface area (Å²) in [7, 11) is 0. The van der Waals surface area contributed by atoms with Crippen molar-refractivity contribution >= 4 is 0 Å². The van der Waals surface area contributed by atoms with E-state index in [4.69, 9.17) is 4.42 Å². The van der Waals surface area contributed by atoms with Crippen molar-refractivity contribution in [2.75, 3.05) is 0 Å². The molecule has 0 aliphatic rings. The van der Waals surface area contributed by atoms with Crippen molar-refractivity contribution in [2.24, 2.45) is 0 Å². The Morgan fingerprint density at radius 3 is 1.34 bits per heavy atom. The Bertz CT molecular complexity index is 1110. The Hall–Kier alpha value is -3.91. The number of benzene rings is 4. The molecule has 0 fully saturated rings. The van der Waals surface area contributed by atoms with Gasteiger partial charge in [-0.25, -0.2) is 4.98 Å². The molecule has 0 aliphatic carbocycles. The van der Waals surface area contributed by atoms with Gasteiger partial charge < -0.3 is 4.42 Å². The Morgan fingerprint density at radius 1 is 0.414 bits per heavy atom. The molecular formula is C27H19NO. The standard InChI is InChI=1S/C27H19NO/c1-3-7-20(8-4-1)22-11-15-24(16-12-22)26-19-29-27(28-26)25-17-13-23(14-18-25)21-9-5-2-6-10-21/h1-19H. The van der Waals surface area contributed by atoms with Crippen LogP contribution in [0.1, 0.15) is 0 Å². The van der Waals surface area contributed by atoms with Crippen LogP contribution in [0.25, 0.3) is 45.0 Å². The Kier molecular flexibility index (Phi) is 4.51. The molecule has 4 aromatic carbocycles. The van der Waals surface area contributed by atoms with E-state index in [1.54, 1.807) is 6.26 Å². The monoisotopic (exact) mass is 373 g/mol. The van der Waals surface area contributed by atoms with Gasteiger partial charge in [-0.3, -0.25) is 0 Å². The highest BCUT2D eigenvalue weighted by atomic mass is 16.3. The average molecular weight is 373 g/mol. The van der Waals surface area contributed by atoms with Crippen molar-refractivity contribution in [1.29, 1.82) is 0 Å². The van der Waals surface area contributed by atoms with Gasteiger partial charge in [0.25, 0.3) is 0 Å².